The van der Waals surface area contributed by atoms with Crippen LogP contribution in [0, 0.1) is 5.82 Å². The Labute approximate surface area is 114 Å². The Morgan fingerprint density at radius 3 is 2.79 bits per heavy atom. The van der Waals surface area contributed by atoms with Gasteiger partial charge in [0.05, 0.1) is 6.04 Å². The topological polar surface area (TPSA) is 23.6 Å². The molecule has 0 saturated heterocycles. The van der Waals surface area contributed by atoms with Gasteiger partial charge in [0, 0.05) is 38.3 Å². The van der Waals surface area contributed by atoms with Crippen LogP contribution in [-0.2, 0) is 4.79 Å². The molecule has 1 aromatic rings. The van der Waals surface area contributed by atoms with Crippen molar-refractivity contribution < 1.29 is 9.18 Å². The Kier molecular flexibility index (Phi) is 3.78. The van der Waals surface area contributed by atoms with Gasteiger partial charge in [-0.15, -0.1) is 0 Å². The van der Waals surface area contributed by atoms with Crippen molar-refractivity contribution in [1.29, 1.82) is 0 Å². The number of amides is 1. The van der Waals surface area contributed by atoms with E-state index in [4.69, 9.17) is 0 Å². The molecule has 0 spiro atoms. The molecule has 1 aliphatic rings. The maximum atomic E-state index is 13.5. The lowest BCUT2D eigenvalue weighted by Crippen LogP contribution is -2.42. The zero-order valence-electron chi connectivity index (χ0n) is 12.0. The Morgan fingerprint density at radius 2 is 2.21 bits per heavy atom. The highest BCUT2D eigenvalue weighted by atomic mass is 19.1. The molecule has 0 aliphatic carbocycles. The third kappa shape index (κ3) is 2.44. The molecule has 1 aliphatic heterocycles. The molecule has 0 N–H and O–H groups in total. The molecule has 19 heavy (non-hydrogen) atoms. The fourth-order valence-electron chi connectivity index (χ4n) is 2.88. The van der Waals surface area contributed by atoms with Gasteiger partial charge in [0.25, 0.3) is 0 Å². The molecule has 0 radical (unpaired) electrons. The van der Waals surface area contributed by atoms with E-state index >= 15 is 0 Å². The number of halogens is 1. The molecule has 0 fully saturated rings. The summed E-state index contributed by atoms with van der Waals surface area (Å²) in [5.41, 5.74) is 1.93. The zero-order valence-corrected chi connectivity index (χ0v) is 12.0. The van der Waals surface area contributed by atoms with Crippen LogP contribution in [0.4, 0.5) is 10.1 Å². The van der Waals surface area contributed by atoms with Gasteiger partial charge in [-0.25, -0.2) is 4.39 Å². The van der Waals surface area contributed by atoms with Crippen LogP contribution < -0.4 is 4.90 Å². The zero-order chi connectivity index (χ0) is 14.2. The monoisotopic (exact) mass is 264 g/mol. The third-order valence-electron chi connectivity index (χ3n) is 4.21. The first kappa shape index (κ1) is 13.8. The number of hydrogen-bond acceptors (Lipinski definition) is 2. The Bertz CT molecular complexity index is 489. The summed E-state index contributed by atoms with van der Waals surface area (Å²) in [5, 5.41) is 0. The second-order valence-corrected chi connectivity index (χ2v) is 5.26. The van der Waals surface area contributed by atoms with E-state index in [9.17, 15) is 9.18 Å². The van der Waals surface area contributed by atoms with Crippen molar-refractivity contribution in [3.63, 3.8) is 0 Å². The summed E-state index contributed by atoms with van der Waals surface area (Å²) in [4.78, 5) is 15.5. The van der Waals surface area contributed by atoms with Gasteiger partial charge in [-0.3, -0.25) is 4.79 Å². The van der Waals surface area contributed by atoms with Crippen LogP contribution in [0.15, 0.2) is 18.2 Å². The number of fused-ring (bicyclic) bond motifs is 1. The van der Waals surface area contributed by atoms with E-state index in [0.29, 0.717) is 6.04 Å². The SMILES string of the molecule is CC[C@@H]1C[C@H](N(C)C(C)=O)c2cc(F)ccc2N1C. The van der Waals surface area contributed by atoms with Gasteiger partial charge in [-0.1, -0.05) is 6.92 Å². The van der Waals surface area contributed by atoms with Crippen LogP contribution in [-0.4, -0.2) is 30.9 Å². The highest BCUT2D eigenvalue weighted by Gasteiger charge is 2.33. The van der Waals surface area contributed by atoms with Gasteiger partial charge in [-0.05, 0) is 31.0 Å². The number of anilines is 1. The van der Waals surface area contributed by atoms with Crippen molar-refractivity contribution in [2.45, 2.75) is 38.8 Å². The largest absolute Gasteiger partial charge is 0.371 e. The molecular formula is C15H21FN2O. The van der Waals surface area contributed by atoms with Gasteiger partial charge in [-0.2, -0.15) is 0 Å². The Balaban J connectivity index is 2.48. The summed E-state index contributed by atoms with van der Waals surface area (Å²) in [6.45, 7) is 3.69. The summed E-state index contributed by atoms with van der Waals surface area (Å²) < 4.78 is 13.5. The number of hydrogen-bond donors (Lipinski definition) is 0. The van der Waals surface area contributed by atoms with Crippen molar-refractivity contribution in [3.05, 3.63) is 29.6 Å². The molecular weight excluding hydrogens is 243 g/mol. The van der Waals surface area contributed by atoms with E-state index in [1.54, 1.807) is 24.9 Å². The van der Waals surface area contributed by atoms with Gasteiger partial charge >= 0.3 is 0 Å². The van der Waals surface area contributed by atoms with E-state index in [0.717, 1.165) is 24.1 Å². The Hall–Kier alpha value is -1.58. The van der Waals surface area contributed by atoms with E-state index in [2.05, 4.69) is 11.8 Å². The number of rotatable bonds is 2. The molecule has 2 rings (SSSR count). The van der Waals surface area contributed by atoms with E-state index < -0.39 is 0 Å². The lowest BCUT2D eigenvalue weighted by atomic mass is 9.89. The van der Waals surface area contributed by atoms with Crippen LogP contribution in [0.5, 0.6) is 0 Å². The van der Waals surface area contributed by atoms with Gasteiger partial charge in [0.2, 0.25) is 5.91 Å². The first-order chi connectivity index (χ1) is 8.95. The van der Waals surface area contributed by atoms with E-state index in [-0.39, 0.29) is 17.8 Å². The summed E-state index contributed by atoms with van der Waals surface area (Å²) in [5.74, 6) is -0.233. The average Bonchev–Trinajstić information content (AvgIpc) is 2.38. The molecule has 3 nitrogen and oxygen atoms in total. The number of carbonyl (C=O) groups excluding carboxylic acids is 1. The summed E-state index contributed by atoms with van der Waals surface area (Å²) in [7, 11) is 3.83. The summed E-state index contributed by atoms with van der Waals surface area (Å²) in [6, 6.07) is 5.20. The van der Waals surface area contributed by atoms with Crippen molar-refractivity contribution >= 4 is 11.6 Å². The fourth-order valence-corrected chi connectivity index (χ4v) is 2.88. The van der Waals surface area contributed by atoms with Crippen LogP contribution in [0.3, 0.4) is 0 Å². The fraction of sp³-hybridized carbons (Fsp3) is 0.533. The molecule has 104 valence electrons. The van der Waals surface area contributed by atoms with Gasteiger partial charge in [0.15, 0.2) is 0 Å². The van der Waals surface area contributed by atoms with Gasteiger partial charge in [0.1, 0.15) is 5.82 Å². The molecule has 1 amide bonds. The number of benzene rings is 1. The van der Waals surface area contributed by atoms with Crippen LogP contribution in [0.2, 0.25) is 0 Å². The highest BCUT2D eigenvalue weighted by molar-refractivity contribution is 5.74. The predicted molar refractivity (Wildman–Crippen MR) is 74.7 cm³/mol. The van der Waals surface area contributed by atoms with Crippen molar-refractivity contribution in [3.8, 4) is 0 Å². The molecule has 2 atom stereocenters. The molecule has 0 saturated carbocycles. The minimum atomic E-state index is -0.246. The smallest absolute Gasteiger partial charge is 0.219 e. The predicted octanol–water partition coefficient (Wildman–Crippen LogP) is 2.96. The summed E-state index contributed by atoms with van der Waals surface area (Å²) in [6.07, 6.45) is 1.86. The lowest BCUT2D eigenvalue weighted by Gasteiger charge is -2.42. The molecule has 0 bridgehead atoms. The molecule has 0 aromatic heterocycles. The first-order valence-electron chi connectivity index (χ1n) is 6.71. The highest BCUT2D eigenvalue weighted by Crippen LogP contribution is 2.40. The molecule has 4 heteroatoms. The van der Waals surface area contributed by atoms with Crippen LogP contribution in [0.25, 0.3) is 0 Å². The Morgan fingerprint density at radius 1 is 1.53 bits per heavy atom. The number of carbonyl (C=O) groups is 1. The van der Waals surface area contributed by atoms with Crippen molar-refractivity contribution in [2.24, 2.45) is 0 Å². The van der Waals surface area contributed by atoms with E-state index in [1.807, 2.05) is 13.1 Å². The van der Waals surface area contributed by atoms with Crippen LogP contribution >= 0.6 is 0 Å². The minimum Gasteiger partial charge on any atom is -0.371 e. The third-order valence-corrected chi connectivity index (χ3v) is 4.21. The number of nitrogens with zero attached hydrogens (tertiary/aromatic N) is 2. The quantitative estimate of drug-likeness (QED) is 0.820. The standard InChI is InChI=1S/C15H21FN2O/c1-5-12-9-15(17(3)10(2)19)13-8-11(16)6-7-14(13)18(12)4/h6-8,12,15H,5,9H2,1-4H3/t12-,15+/m1/s1. The molecule has 0 unspecified atom stereocenters. The second kappa shape index (κ2) is 5.19. The van der Waals surface area contributed by atoms with Crippen molar-refractivity contribution in [1.82, 2.24) is 4.90 Å². The normalized spacial score (nSPS) is 22.1. The second-order valence-electron chi connectivity index (χ2n) is 5.26. The maximum absolute atomic E-state index is 13.5. The first-order valence-corrected chi connectivity index (χ1v) is 6.71. The summed E-state index contributed by atoms with van der Waals surface area (Å²) >= 11 is 0. The lowest BCUT2D eigenvalue weighted by molar-refractivity contribution is -0.130. The van der Waals surface area contributed by atoms with E-state index in [1.165, 1.54) is 6.07 Å². The minimum absolute atomic E-state index is 0.0135. The average molecular weight is 264 g/mol. The van der Waals surface area contributed by atoms with Gasteiger partial charge < -0.3 is 9.80 Å². The molecule has 1 aromatic carbocycles. The van der Waals surface area contributed by atoms with Crippen LogP contribution in [0.1, 0.15) is 38.3 Å². The molecule has 1 heterocycles. The maximum Gasteiger partial charge on any atom is 0.219 e. The van der Waals surface area contributed by atoms with Crippen molar-refractivity contribution in [2.75, 3.05) is 19.0 Å².